The van der Waals surface area contributed by atoms with Gasteiger partial charge in [0.25, 0.3) is 5.91 Å². The van der Waals surface area contributed by atoms with E-state index in [2.05, 4.69) is 10.2 Å². The second-order valence-electron chi connectivity index (χ2n) is 7.91. The fourth-order valence-electron chi connectivity index (χ4n) is 4.16. The van der Waals surface area contributed by atoms with Crippen LogP contribution in [0.2, 0.25) is 0 Å². The average Bonchev–Trinajstić information content (AvgIpc) is 2.87. The van der Waals surface area contributed by atoms with Crippen molar-refractivity contribution >= 4 is 23.3 Å². The Morgan fingerprint density at radius 3 is 2.12 bits per heavy atom. The van der Waals surface area contributed by atoms with Crippen molar-refractivity contribution in [3.05, 3.63) is 83.9 Å². The van der Waals surface area contributed by atoms with Gasteiger partial charge in [0.1, 0.15) is 17.4 Å². The number of morpholine rings is 1. The molecular weight excluding hydrogens is 420 g/mol. The first kappa shape index (κ1) is 21.0. The van der Waals surface area contributed by atoms with Gasteiger partial charge in [-0.1, -0.05) is 36.4 Å². The van der Waals surface area contributed by atoms with Crippen LogP contribution in [0.3, 0.4) is 0 Å². The third-order valence-electron chi connectivity index (χ3n) is 5.79. The van der Waals surface area contributed by atoms with Gasteiger partial charge in [-0.15, -0.1) is 0 Å². The maximum absolute atomic E-state index is 13.0. The monoisotopic (exact) mass is 444 g/mol. The fourth-order valence-corrected chi connectivity index (χ4v) is 4.16. The minimum atomic E-state index is -0.647. The summed E-state index contributed by atoms with van der Waals surface area (Å²) in [7, 11) is 0. The van der Waals surface area contributed by atoms with Crippen molar-refractivity contribution in [1.82, 2.24) is 0 Å². The van der Waals surface area contributed by atoms with Crippen molar-refractivity contribution < 1.29 is 23.8 Å². The lowest BCUT2D eigenvalue weighted by atomic mass is 9.88. The lowest BCUT2D eigenvalue weighted by molar-refractivity contribution is -0.148. The van der Waals surface area contributed by atoms with Gasteiger partial charge in [-0.2, -0.15) is 0 Å². The number of fused-ring (bicyclic) bond motifs is 2. The van der Waals surface area contributed by atoms with Gasteiger partial charge in [0.2, 0.25) is 0 Å². The summed E-state index contributed by atoms with van der Waals surface area (Å²) in [5, 5.41) is 2.78. The molecule has 2 aliphatic heterocycles. The average molecular weight is 444 g/mol. The van der Waals surface area contributed by atoms with Crippen LogP contribution >= 0.6 is 0 Å². The van der Waals surface area contributed by atoms with Crippen molar-refractivity contribution in [1.29, 1.82) is 0 Å². The van der Waals surface area contributed by atoms with E-state index in [0.717, 1.165) is 29.9 Å². The van der Waals surface area contributed by atoms with E-state index in [0.29, 0.717) is 30.4 Å². The van der Waals surface area contributed by atoms with Crippen LogP contribution < -0.4 is 15.0 Å². The molecule has 2 aliphatic rings. The molecule has 1 fully saturated rings. The van der Waals surface area contributed by atoms with Crippen molar-refractivity contribution in [2.45, 2.75) is 5.92 Å². The molecule has 2 heterocycles. The minimum absolute atomic E-state index is 0.369. The van der Waals surface area contributed by atoms with Gasteiger partial charge in [0, 0.05) is 35.6 Å². The molecule has 0 saturated carbocycles. The zero-order valence-corrected chi connectivity index (χ0v) is 18.0. The van der Waals surface area contributed by atoms with E-state index in [1.807, 2.05) is 72.8 Å². The fraction of sp³-hybridized carbons (Fsp3) is 0.231. The largest absolute Gasteiger partial charge is 0.457 e. The molecule has 3 aromatic rings. The number of carbonyl (C=O) groups excluding carboxylic acids is 2. The van der Waals surface area contributed by atoms with E-state index in [1.54, 1.807) is 0 Å². The van der Waals surface area contributed by atoms with Gasteiger partial charge in [0.15, 0.2) is 6.61 Å². The van der Waals surface area contributed by atoms with Gasteiger partial charge < -0.3 is 24.4 Å². The summed E-state index contributed by atoms with van der Waals surface area (Å²) in [6, 6.07) is 22.3. The second kappa shape index (κ2) is 9.34. The molecule has 7 nitrogen and oxygen atoms in total. The Labute approximate surface area is 191 Å². The summed E-state index contributed by atoms with van der Waals surface area (Å²) >= 11 is 0. The van der Waals surface area contributed by atoms with Gasteiger partial charge in [-0.3, -0.25) is 9.59 Å². The smallest absolute Gasteiger partial charge is 0.318 e. The van der Waals surface area contributed by atoms with Crippen LogP contribution in [0.4, 0.5) is 11.4 Å². The number of benzene rings is 3. The van der Waals surface area contributed by atoms with E-state index >= 15 is 0 Å². The Kier molecular flexibility index (Phi) is 5.95. The van der Waals surface area contributed by atoms with Crippen LogP contribution in [0, 0.1) is 0 Å². The summed E-state index contributed by atoms with van der Waals surface area (Å²) < 4.78 is 16.7. The third-order valence-corrected chi connectivity index (χ3v) is 5.79. The number of hydrogen-bond donors (Lipinski definition) is 1. The van der Waals surface area contributed by atoms with Gasteiger partial charge in [0.05, 0.1) is 13.2 Å². The summed E-state index contributed by atoms with van der Waals surface area (Å²) in [6.45, 7) is 2.75. The highest BCUT2D eigenvalue weighted by molar-refractivity contribution is 5.94. The number of hydrogen-bond acceptors (Lipinski definition) is 6. The van der Waals surface area contributed by atoms with E-state index < -0.39 is 17.8 Å². The van der Waals surface area contributed by atoms with Crippen LogP contribution in [0.25, 0.3) is 0 Å². The van der Waals surface area contributed by atoms with Gasteiger partial charge in [-0.05, 0) is 36.4 Å². The highest BCUT2D eigenvalue weighted by Crippen LogP contribution is 2.44. The molecule has 0 radical (unpaired) electrons. The summed E-state index contributed by atoms with van der Waals surface area (Å²) in [5.41, 5.74) is 3.18. The maximum atomic E-state index is 13.0. The van der Waals surface area contributed by atoms with Gasteiger partial charge in [-0.25, -0.2) is 0 Å². The number of amides is 1. The number of nitrogens with zero attached hydrogens (tertiary/aromatic N) is 1. The first-order valence-corrected chi connectivity index (χ1v) is 10.9. The topological polar surface area (TPSA) is 77.1 Å². The van der Waals surface area contributed by atoms with Crippen LogP contribution in [-0.2, 0) is 19.1 Å². The van der Waals surface area contributed by atoms with E-state index in [-0.39, 0.29) is 6.61 Å². The highest BCUT2D eigenvalue weighted by Gasteiger charge is 2.33. The second-order valence-corrected chi connectivity index (χ2v) is 7.91. The van der Waals surface area contributed by atoms with Crippen molar-refractivity contribution in [2.24, 2.45) is 0 Å². The lowest BCUT2D eigenvalue weighted by Gasteiger charge is -2.28. The number of carbonyl (C=O) groups is 2. The molecule has 1 saturated heterocycles. The zero-order chi connectivity index (χ0) is 22.6. The van der Waals surface area contributed by atoms with Crippen molar-refractivity contribution in [3.63, 3.8) is 0 Å². The zero-order valence-electron chi connectivity index (χ0n) is 18.0. The molecule has 168 valence electrons. The molecule has 1 N–H and O–H groups in total. The molecule has 0 bridgehead atoms. The predicted octanol–water partition coefficient (Wildman–Crippen LogP) is 3.94. The lowest BCUT2D eigenvalue weighted by Crippen LogP contribution is -2.36. The molecule has 0 aromatic heterocycles. The molecule has 0 aliphatic carbocycles. The van der Waals surface area contributed by atoms with E-state index in [4.69, 9.17) is 14.2 Å². The Morgan fingerprint density at radius 2 is 1.48 bits per heavy atom. The van der Waals surface area contributed by atoms with Gasteiger partial charge >= 0.3 is 5.97 Å². The standard InChI is InChI=1S/C26H24N2O5/c29-24(27-18-9-11-19(12-10-18)28-13-15-31-16-14-28)17-32-26(30)25-20-5-1-3-7-22(20)33-23-8-4-2-6-21(23)25/h1-12,25H,13-17H2,(H,27,29). The van der Waals surface area contributed by atoms with E-state index in [9.17, 15) is 9.59 Å². The number of anilines is 2. The molecule has 33 heavy (non-hydrogen) atoms. The Morgan fingerprint density at radius 1 is 0.879 bits per heavy atom. The number of ether oxygens (including phenoxy) is 3. The highest BCUT2D eigenvalue weighted by atomic mass is 16.5. The van der Waals surface area contributed by atoms with Crippen LogP contribution in [0.1, 0.15) is 17.0 Å². The molecular formula is C26H24N2O5. The summed E-state index contributed by atoms with van der Waals surface area (Å²) in [6.07, 6.45) is 0. The first-order valence-electron chi connectivity index (χ1n) is 10.9. The maximum Gasteiger partial charge on any atom is 0.318 e. The van der Waals surface area contributed by atoms with Crippen LogP contribution in [0.5, 0.6) is 11.5 Å². The third kappa shape index (κ3) is 4.54. The van der Waals surface area contributed by atoms with Crippen molar-refractivity contribution in [3.8, 4) is 11.5 Å². The molecule has 1 amide bonds. The molecule has 0 spiro atoms. The Balaban J connectivity index is 1.22. The van der Waals surface area contributed by atoms with Crippen molar-refractivity contribution in [2.75, 3.05) is 43.1 Å². The summed E-state index contributed by atoms with van der Waals surface area (Å²) in [5.74, 6) is -0.301. The van der Waals surface area contributed by atoms with Crippen LogP contribution in [-0.4, -0.2) is 44.8 Å². The molecule has 0 unspecified atom stereocenters. The molecule has 0 atom stereocenters. The number of para-hydroxylation sites is 2. The molecule has 5 rings (SSSR count). The summed E-state index contributed by atoms with van der Waals surface area (Å²) in [4.78, 5) is 27.7. The Hall–Kier alpha value is -3.84. The Bertz CT molecular complexity index is 1110. The minimum Gasteiger partial charge on any atom is -0.457 e. The van der Waals surface area contributed by atoms with Crippen LogP contribution in [0.15, 0.2) is 72.8 Å². The molecule has 3 aromatic carbocycles. The normalized spacial score (nSPS) is 15.1. The van der Waals surface area contributed by atoms with E-state index in [1.165, 1.54) is 0 Å². The number of nitrogens with one attached hydrogen (secondary N) is 1. The first-order chi connectivity index (χ1) is 16.2. The number of rotatable bonds is 5. The number of esters is 1. The quantitative estimate of drug-likeness (QED) is 0.601. The molecule has 7 heteroatoms. The SMILES string of the molecule is O=C(COC(=O)C1c2ccccc2Oc2ccccc21)Nc1ccc(N2CCOCC2)cc1. The predicted molar refractivity (Wildman–Crippen MR) is 124 cm³/mol.